The van der Waals surface area contributed by atoms with E-state index < -0.39 is 0 Å². The van der Waals surface area contributed by atoms with E-state index in [-0.39, 0.29) is 0 Å². The monoisotopic (exact) mass is 201 g/mol. The molecule has 69 valence electrons. The van der Waals surface area contributed by atoms with Gasteiger partial charge in [-0.2, -0.15) is 0 Å². The molecule has 0 saturated carbocycles. The number of hydrogen-bond donors (Lipinski definition) is 0. The Labute approximate surface area is 89.2 Å². The van der Waals surface area contributed by atoms with E-state index in [0.717, 1.165) is 5.56 Å². The van der Waals surface area contributed by atoms with E-state index in [4.69, 9.17) is 11.6 Å². The van der Waals surface area contributed by atoms with Gasteiger partial charge in [0.1, 0.15) is 0 Å². The summed E-state index contributed by atoms with van der Waals surface area (Å²) in [4.78, 5) is 0. The van der Waals surface area contributed by atoms with E-state index >= 15 is 0 Å². The van der Waals surface area contributed by atoms with Crippen LogP contribution < -0.4 is 0 Å². The average molecular weight is 202 g/mol. The molecule has 0 aliphatic heterocycles. The van der Waals surface area contributed by atoms with Crippen LogP contribution in [-0.2, 0) is 5.88 Å². The standard InChI is InChI=1S/C13H10Cl/c14-10-11-6-8-13(9-7-11)12-4-2-1-3-5-12/h2-9H,10H2. The first-order valence-corrected chi connectivity index (χ1v) is 5.05. The maximum atomic E-state index is 5.72. The molecule has 0 saturated heterocycles. The lowest BCUT2D eigenvalue weighted by atomic mass is 10.0. The Morgan fingerprint density at radius 3 is 2.00 bits per heavy atom. The quantitative estimate of drug-likeness (QED) is 0.647. The van der Waals surface area contributed by atoms with Crippen LogP contribution in [0.5, 0.6) is 0 Å². The molecule has 0 aliphatic rings. The third-order valence-electron chi connectivity index (χ3n) is 2.16. The zero-order valence-corrected chi connectivity index (χ0v) is 8.46. The second-order valence-corrected chi connectivity index (χ2v) is 3.39. The van der Waals surface area contributed by atoms with Gasteiger partial charge in [0.15, 0.2) is 0 Å². The predicted octanol–water partition coefficient (Wildman–Crippen LogP) is 3.89. The number of benzene rings is 2. The molecule has 0 aliphatic carbocycles. The fourth-order valence-corrected chi connectivity index (χ4v) is 1.54. The molecule has 1 heteroatoms. The molecule has 2 aromatic carbocycles. The lowest BCUT2D eigenvalue weighted by Crippen LogP contribution is -1.79. The van der Waals surface area contributed by atoms with Crippen molar-refractivity contribution in [1.82, 2.24) is 0 Å². The first-order valence-electron chi connectivity index (χ1n) is 4.51. The van der Waals surface area contributed by atoms with Crippen LogP contribution in [-0.4, -0.2) is 0 Å². The van der Waals surface area contributed by atoms with Crippen molar-refractivity contribution in [2.24, 2.45) is 0 Å². The van der Waals surface area contributed by atoms with Crippen LogP contribution in [0.4, 0.5) is 0 Å². The molecule has 14 heavy (non-hydrogen) atoms. The third kappa shape index (κ3) is 1.97. The molecule has 0 aromatic heterocycles. The van der Waals surface area contributed by atoms with E-state index in [2.05, 4.69) is 42.5 Å². The van der Waals surface area contributed by atoms with E-state index in [1.54, 1.807) is 0 Å². The third-order valence-corrected chi connectivity index (χ3v) is 2.47. The topological polar surface area (TPSA) is 0 Å². The van der Waals surface area contributed by atoms with Crippen LogP contribution in [0.2, 0.25) is 0 Å². The van der Waals surface area contributed by atoms with Gasteiger partial charge in [-0.05, 0) is 22.8 Å². The van der Waals surface area contributed by atoms with Crippen molar-refractivity contribution in [3.63, 3.8) is 0 Å². The largest absolute Gasteiger partial charge is 0.122 e. The summed E-state index contributed by atoms with van der Waals surface area (Å²) in [6, 6.07) is 19.2. The molecular weight excluding hydrogens is 192 g/mol. The molecule has 0 heterocycles. The molecule has 0 fully saturated rings. The number of rotatable bonds is 2. The smallest absolute Gasteiger partial charge is 0.0474 e. The van der Waals surface area contributed by atoms with E-state index in [1.165, 1.54) is 11.1 Å². The minimum Gasteiger partial charge on any atom is -0.122 e. The summed E-state index contributed by atoms with van der Waals surface area (Å²) in [6.07, 6.45) is 0. The van der Waals surface area contributed by atoms with Crippen LogP contribution in [0, 0.1) is 6.07 Å². The van der Waals surface area contributed by atoms with Crippen molar-refractivity contribution < 1.29 is 0 Å². The Hall–Kier alpha value is -1.27. The second-order valence-electron chi connectivity index (χ2n) is 3.12. The minimum atomic E-state index is 0.572. The molecule has 2 aromatic rings. The molecule has 0 amide bonds. The van der Waals surface area contributed by atoms with E-state index in [1.807, 2.05) is 12.1 Å². The average Bonchev–Trinajstić information content (AvgIpc) is 2.30. The maximum absolute atomic E-state index is 5.72. The van der Waals surface area contributed by atoms with E-state index in [0.29, 0.717) is 5.88 Å². The Kier molecular flexibility index (Phi) is 2.85. The number of hydrogen-bond acceptors (Lipinski definition) is 0. The van der Waals surface area contributed by atoms with Crippen molar-refractivity contribution in [2.45, 2.75) is 5.88 Å². The van der Waals surface area contributed by atoms with Crippen LogP contribution in [0.3, 0.4) is 0 Å². The van der Waals surface area contributed by atoms with Gasteiger partial charge in [-0.1, -0.05) is 48.5 Å². The van der Waals surface area contributed by atoms with Gasteiger partial charge in [0.25, 0.3) is 0 Å². The van der Waals surface area contributed by atoms with Crippen molar-refractivity contribution >= 4 is 11.6 Å². The highest BCUT2D eigenvalue weighted by Crippen LogP contribution is 2.19. The summed E-state index contributed by atoms with van der Waals surface area (Å²) in [5, 5.41) is 0. The van der Waals surface area contributed by atoms with Crippen LogP contribution >= 0.6 is 11.6 Å². The molecule has 0 nitrogen and oxygen atoms in total. The summed E-state index contributed by atoms with van der Waals surface area (Å²) in [7, 11) is 0. The van der Waals surface area contributed by atoms with Crippen LogP contribution in [0.25, 0.3) is 11.1 Å². The predicted molar refractivity (Wildman–Crippen MR) is 60.3 cm³/mol. The van der Waals surface area contributed by atoms with Gasteiger partial charge in [0.2, 0.25) is 0 Å². The minimum absolute atomic E-state index is 0.572. The molecule has 0 N–H and O–H groups in total. The molecule has 0 bridgehead atoms. The molecule has 0 spiro atoms. The Morgan fingerprint density at radius 1 is 0.857 bits per heavy atom. The SMILES string of the molecule is ClCc1ccc(-c2cc[c]cc2)cc1. The normalized spacial score (nSPS) is 10.1. The van der Waals surface area contributed by atoms with Gasteiger partial charge in [-0.3, -0.25) is 0 Å². The molecule has 0 atom stereocenters. The van der Waals surface area contributed by atoms with Crippen molar-refractivity contribution in [3.05, 3.63) is 60.2 Å². The maximum Gasteiger partial charge on any atom is 0.0474 e. The first-order chi connectivity index (χ1) is 6.90. The zero-order valence-electron chi connectivity index (χ0n) is 7.70. The zero-order chi connectivity index (χ0) is 9.80. The Balaban J connectivity index is 2.34. The lowest BCUT2D eigenvalue weighted by Gasteiger charge is -2.01. The number of alkyl halides is 1. The van der Waals surface area contributed by atoms with Gasteiger partial charge in [-0.15, -0.1) is 11.6 Å². The van der Waals surface area contributed by atoms with Gasteiger partial charge in [0.05, 0.1) is 0 Å². The number of halogens is 1. The summed E-state index contributed by atoms with van der Waals surface area (Å²) < 4.78 is 0. The highest BCUT2D eigenvalue weighted by Gasteiger charge is 1.95. The summed E-state index contributed by atoms with van der Waals surface area (Å²) in [5.74, 6) is 0.572. The van der Waals surface area contributed by atoms with Crippen LogP contribution in [0.15, 0.2) is 48.5 Å². The van der Waals surface area contributed by atoms with Crippen LogP contribution in [0.1, 0.15) is 5.56 Å². The van der Waals surface area contributed by atoms with Gasteiger partial charge < -0.3 is 0 Å². The van der Waals surface area contributed by atoms with Gasteiger partial charge in [-0.25, -0.2) is 0 Å². The molecule has 1 radical (unpaired) electrons. The highest BCUT2D eigenvalue weighted by molar-refractivity contribution is 6.17. The summed E-state index contributed by atoms with van der Waals surface area (Å²) >= 11 is 5.72. The van der Waals surface area contributed by atoms with Crippen molar-refractivity contribution in [1.29, 1.82) is 0 Å². The van der Waals surface area contributed by atoms with E-state index in [9.17, 15) is 0 Å². The Bertz CT molecular complexity index is 389. The van der Waals surface area contributed by atoms with Crippen molar-refractivity contribution in [3.8, 4) is 11.1 Å². The summed E-state index contributed by atoms with van der Waals surface area (Å²) in [6.45, 7) is 0. The fraction of sp³-hybridized carbons (Fsp3) is 0.0769. The molecule has 0 unspecified atom stereocenters. The lowest BCUT2D eigenvalue weighted by molar-refractivity contribution is 1.40. The van der Waals surface area contributed by atoms with Crippen molar-refractivity contribution in [2.75, 3.05) is 0 Å². The summed E-state index contributed by atoms with van der Waals surface area (Å²) in [5.41, 5.74) is 3.58. The second kappa shape index (κ2) is 4.30. The first kappa shape index (κ1) is 9.29. The molecule has 2 rings (SSSR count). The Morgan fingerprint density at radius 2 is 1.43 bits per heavy atom. The molecular formula is C13H10Cl. The fourth-order valence-electron chi connectivity index (χ4n) is 1.37. The highest BCUT2D eigenvalue weighted by atomic mass is 35.5. The van der Waals surface area contributed by atoms with Gasteiger partial charge >= 0.3 is 0 Å². The van der Waals surface area contributed by atoms with Gasteiger partial charge in [0, 0.05) is 5.88 Å².